The molecule has 1 N–H and O–H groups in total. The van der Waals surface area contributed by atoms with E-state index in [1.807, 2.05) is 0 Å². The number of oxazole rings is 1. The van der Waals surface area contributed by atoms with E-state index in [0.29, 0.717) is 21.6 Å². The Labute approximate surface area is 108 Å². The molecular weight excluding hydrogens is 263 g/mol. The average molecular weight is 271 g/mol. The fourth-order valence-electron chi connectivity index (χ4n) is 1.29. The number of rotatable bonds is 2. The molecule has 0 bridgehead atoms. The first-order chi connectivity index (χ1) is 8.04. The van der Waals surface area contributed by atoms with Gasteiger partial charge < -0.3 is 9.73 Å². The van der Waals surface area contributed by atoms with Crippen LogP contribution in [-0.2, 0) is 0 Å². The summed E-state index contributed by atoms with van der Waals surface area (Å²) in [5.74, 6) is 0.168. The number of nitrogens with one attached hydrogen (secondary N) is 1. The molecule has 0 radical (unpaired) electrons. The van der Waals surface area contributed by atoms with Gasteiger partial charge in [-0.3, -0.25) is 4.79 Å². The maximum absolute atomic E-state index is 11.7. The van der Waals surface area contributed by atoms with Crippen LogP contribution in [0.25, 0.3) is 0 Å². The second kappa shape index (κ2) is 4.77. The third-order valence-corrected chi connectivity index (χ3v) is 2.40. The normalized spacial score (nSPS) is 10.3. The van der Waals surface area contributed by atoms with Gasteiger partial charge in [0.15, 0.2) is 5.89 Å². The minimum atomic E-state index is -0.399. The molecule has 0 spiro atoms. The molecule has 88 valence electrons. The van der Waals surface area contributed by atoms with Gasteiger partial charge in [0, 0.05) is 22.7 Å². The molecule has 17 heavy (non-hydrogen) atoms. The monoisotopic (exact) mass is 270 g/mol. The van der Waals surface area contributed by atoms with Gasteiger partial charge in [-0.25, -0.2) is 4.98 Å². The molecule has 0 saturated carbocycles. The molecule has 0 aliphatic rings. The van der Waals surface area contributed by atoms with Gasteiger partial charge in [0.05, 0.1) is 6.20 Å². The molecule has 0 aliphatic carbocycles. The third kappa shape index (κ3) is 2.99. The number of benzene rings is 1. The largest absolute Gasteiger partial charge is 0.436 e. The summed E-state index contributed by atoms with van der Waals surface area (Å²) in [6, 6.07) is 4.76. The highest BCUT2D eigenvalue weighted by Crippen LogP contribution is 2.22. The summed E-state index contributed by atoms with van der Waals surface area (Å²) in [4.78, 5) is 15.6. The Morgan fingerprint density at radius 2 is 1.94 bits per heavy atom. The number of hydrogen-bond acceptors (Lipinski definition) is 3. The predicted molar refractivity (Wildman–Crippen MR) is 65.7 cm³/mol. The lowest BCUT2D eigenvalue weighted by molar-refractivity contribution is 0.0995. The minimum Gasteiger partial charge on any atom is -0.436 e. The predicted octanol–water partition coefficient (Wildman–Crippen LogP) is 3.54. The lowest BCUT2D eigenvalue weighted by atomic mass is 10.3. The van der Waals surface area contributed by atoms with E-state index < -0.39 is 5.91 Å². The van der Waals surface area contributed by atoms with Gasteiger partial charge in [-0.15, -0.1) is 0 Å². The summed E-state index contributed by atoms with van der Waals surface area (Å²) < 4.78 is 5.09. The summed E-state index contributed by atoms with van der Waals surface area (Å²) >= 11 is 11.6. The highest BCUT2D eigenvalue weighted by atomic mass is 35.5. The average Bonchev–Trinajstić information content (AvgIpc) is 2.63. The van der Waals surface area contributed by atoms with Crippen molar-refractivity contribution < 1.29 is 9.21 Å². The zero-order valence-electron chi connectivity index (χ0n) is 8.83. The van der Waals surface area contributed by atoms with Crippen LogP contribution in [0.15, 0.2) is 28.8 Å². The van der Waals surface area contributed by atoms with E-state index in [1.54, 1.807) is 25.1 Å². The second-order valence-electron chi connectivity index (χ2n) is 3.36. The number of aryl methyl sites for hydroxylation is 1. The van der Waals surface area contributed by atoms with Crippen molar-refractivity contribution in [3.8, 4) is 0 Å². The summed E-state index contributed by atoms with van der Waals surface area (Å²) in [6.45, 7) is 1.66. The lowest BCUT2D eigenvalue weighted by Gasteiger charge is -2.04. The van der Waals surface area contributed by atoms with E-state index in [-0.39, 0.29) is 5.76 Å². The minimum absolute atomic E-state index is 0.138. The molecule has 1 heterocycles. The van der Waals surface area contributed by atoms with Crippen LogP contribution >= 0.6 is 23.2 Å². The topological polar surface area (TPSA) is 55.1 Å². The van der Waals surface area contributed by atoms with Crippen LogP contribution in [0, 0.1) is 6.92 Å². The summed E-state index contributed by atoms with van der Waals surface area (Å²) in [7, 11) is 0. The number of halogens is 2. The first-order valence-electron chi connectivity index (χ1n) is 4.74. The second-order valence-corrected chi connectivity index (χ2v) is 4.23. The number of anilines is 1. The quantitative estimate of drug-likeness (QED) is 0.908. The van der Waals surface area contributed by atoms with Gasteiger partial charge in [0.1, 0.15) is 0 Å². The molecule has 0 atom stereocenters. The van der Waals surface area contributed by atoms with Gasteiger partial charge >= 0.3 is 0 Å². The van der Waals surface area contributed by atoms with Crippen LogP contribution in [0.4, 0.5) is 5.69 Å². The van der Waals surface area contributed by atoms with Gasteiger partial charge in [0.25, 0.3) is 5.91 Å². The Morgan fingerprint density at radius 3 is 2.47 bits per heavy atom. The van der Waals surface area contributed by atoms with Crippen molar-refractivity contribution in [1.29, 1.82) is 0 Å². The fraction of sp³-hybridized carbons (Fsp3) is 0.0909. The number of carbonyl (C=O) groups is 1. The number of carbonyl (C=O) groups excluding carboxylic acids is 1. The smallest absolute Gasteiger partial charge is 0.293 e. The van der Waals surface area contributed by atoms with E-state index in [1.165, 1.54) is 6.20 Å². The number of aromatic nitrogens is 1. The van der Waals surface area contributed by atoms with Crippen LogP contribution < -0.4 is 5.32 Å². The molecule has 0 aliphatic heterocycles. The molecule has 1 amide bonds. The summed E-state index contributed by atoms with van der Waals surface area (Å²) in [6.07, 6.45) is 1.36. The zero-order chi connectivity index (χ0) is 12.4. The Bertz CT molecular complexity index is 546. The summed E-state index contributed by atoms with van der Waals surface area (Å²) in [5.41, 5.74) is 0.501. The van der Waals surface area contributed by atoms with Crippen molar-refractivity contribution in [2.45, 2.75) is 6.92 Å². The first-order valence-corrected chi connectivity index (χ1v) is 5.50. The molecule has 4 nitrogen and oxygen atoms in total. The van der Waals surface area contributed by atoms with Gasteiger partial charge in [-0.05, 0) is 18.2 Å². The maximum atomic E-state index is 11.7. The zero-order valence-corrected chi connectivity index (χ0v) is 10.3. The molecule has 0 unspecified atom stereocenters. The van der Waals surface area contributed by atoms with Crippen LogP contribution in [0.1, 0.15) is 16.4 Å². The Balaban J connectivity index is 2.18. The molecule has 6 heteroatoms. The first kappa shape index (κ1) is 12.0. The number of amides is 1. The Hall–Kier alpha value is -1.52. The molecular formula is C11H8Cl2N2O2. The van der Waals surface area contributed by atoms with Gasteiger partial charge in [0.2, 0.25) is 5.76 Å². The van der Waals surface area contributed by atoms with Crippen molar-refractivity contribution in [3.05, 3.63) is 46.1 Å². The Morgan fingerprint density at radius 1 is 1.29 bits per heavy atom. The standard InChI is InChI=1S/C11H8Cl2N2O2/c1-6-14-5-10(17-6)11(16)15-9-3-7(12)2-8(13)4-9/h2-5H,1H3,(H,15,16). The van der Waals surface area contributed by atoms with Crippen molar-refractivity contribution in [3.63, 3.8) is 0 Å². The van der Waals surface area contributed by atoms with Crippen LogP contribution in [0.2, 0.25) is 10.0 Å². The number of hydrogen-bond donors (Lipinski definition) is 1. The highest BCUT2D eigenvalue weighted by molar-refractivity contribution is 6.35. The van der Waals surface area contributed by atoms with Crippen molar-refractivity contribution >= 4 is 34.8 Å². The van der Waals surface area contributed by atoms with Crippen LogP contribution in [0.3, 0.4) is 0 Å². The number of nitrogens with zero attached hydrogens (tertiary/aromatic N) is 1. The van der Waals surface area contributed by atoms with Crippen LogP contribution in [0.5, 0.6) is 0 Å². The third-order valence-electron chi connectivity index (χ3n) is 1.97. The van der Waals surface area contributed by atoms with E-state index in [2.05, 4.69) is 10.3 Å². The SMILES string of the molecule is Cc1ncc(C(=O)Nc2cc(Cl)cc(Cl)c2)o1. The van der Waals surface area contributed by atoms with Crippen molar-refractivity contribution in [2.75, 3.05) is 5.32 Å². The van der Waals surface area contributed by atoms with E-state index >= 15 is 0 Å². The lowest BCUT2D eigenvalue weighted by Crippen LogP contribution is -2.10. The maximum Gasteiger partial charge on any atom is 0.293 e. The fourth-order valence-corrected chi connectivity index (χ4v) is 1.81. The highest BCUT2D eigenvalue weighted by Gasteiger charge is 2.11. The Kier molecular flexibility index (Phi) is 3.36. The van der Waals surface area contributed by atoms with E-state index in [0.717, 1.165) is 0 Å². The molecule has 2 rings (SSSR count). The molecule has 1 aromatic heterocycles. The molecule has 1 aromatic carbocycles. The molecule has 0 fully saturated rings. The van der Waals surface area contributed by atoms with Gasteiger partial charge in [-0.1, -0.05) is 23.2 Å². The van der Waals surface area contributed by atoms with Gasteiger partial charge in [-0.2, -0.15) is 0 Å². The van der Waals surface area contributed by atoms with Crippen LogP contribution in [-0.4, -0.2) is 10.9 Å². The summed E-state index contributed by atoms with van der Waals surface area (Å²) in [5, 5.41) is 3.50. The van der Waals surface area contributed by atoms with Crippen molar-refractivity contribution in [2.24, 2.45) is 0 Å². The molecule has 2 aromatic rings. The molecule has 0 saturated heterocycles. The van der Waals surface area contributed by atoms with Crippen molar-refractivity contribution in [1.82, 2.24) is 4.98 Å². The van der Waals surface area contributed by atoms with E-state index in [4.69, 9.17) is 27.6 Å². The van der Waals surface area contributed by atoms with E-state index in [9.17, 15) is 4.79 Å².